The number of benzene rings is 2. The Morgan fingerprint density at radius 1 is 1.00 bits per heavy atom. The molecule has 0 aliphatic rings. The van der Waals surface area contributed by atoms with Crippen molar-refractivity contribution in [2.24, 2.45) is 0 Å². The van der Waals surface area contributed by atoms with Crippen molar-refractivity contribution >= 4 is 34.1 Å². The second-order valence-electron chi connectivity index (χ2n) is 6.59. The SMILES string of the molecule is CC(=O)N(CCC(=O)Nc1c(C)cccc1C)c1cccc2cccnc12. The molecule has 0 atom stereocenters. The normalized spacial score (nSPS) is 10.6. The molecule has 2 amide bonds. The number of aromatic nitrogens is 1. The molecule has 1 heterocycles. The summed E-state index contributed by atoms with van der Waals surface area (Å²) in [5.41, 5.74) is 4.35. The number of carbonyl (C=O) groups excluding carboxylic acids is 2. The number of amides is 2. The van der Waals surface area contributed by atoms with Gasteiger partial charge in [0.05, 0.1) is 11.2 Å². The van der Waals surface area contributed by atoms with E-state index in [4.69, 9.17) is 0 Å². The lowest BCUT2D eigenvalue weighted by atomic mass is 10.1. The van der Waals surface area contributed by atoms with Crippen molar-refractivity contribution < 1.29 is 9.59 Å². The first-order chi connectivity index (χ1) is 13.0. The molecule has 2 aromatic carbocycles. The monoisotopic (exact) mass is 361 g/mol. The molecule has 0 spiro atoms. The average Bonchev–Trinajstić information content (AvgIpc) is 2.65. The first-order valence-electron chi connectivity index (χ1n) is 8.95. The summed E-state index contributed by atoms with van der Waals surface area (Å²) in [6, 6.07) is 15.4. The summed E-state index contributed by atoms with van der Waals surface area (Å²) in [5.74, 6) is -0.236. The van der Waals surface area contributed by atoms with E-state index in [-0.39, 0.29) is 18.2 Å². The summed E-state index contributed by atoms with van der Waals surface area (Å²) in [5, 5.41) is 3.93. The van der Waals surface area contributed by atoms with Gasteiger partial charge in [-0.2, -0.15) is 0 Å². The van der Waals surface area contributed by atoms with Gasteiger partial charge < -0.3 is 10.2 Å². The Labute approximate surface area is 159 Å². The highest BCUT2D eigenvalue weighted by atomic mass is 16.2. The van der Waals surface area contributed by atoms with Crippen LogP contribution in [-0.2, 0) is 9.59 Å². The molecule has 0 unspecified atom stereocenters. The zero-order valence-electron chi connectivity index (χ0n) is 15.8. The summed E-state index contributed by atoms with van der Waals surface area (Å²) >= 11 is 0. The minimum Gasteiger partial charge on any atom is -0.326 e. The molecule has 0 aliphatic carbocycles. The fourth-order valence-electron chi connectivity index (χ4n) is 3.18. The number of pyridine rings is 1. The predicted octanol–water partition coefficient (Wildman–Crippen LogP) is 4.23. The molecule has 3 rings (SSSR count). The minimum atomic E-state index is -0.119. The maximum atomic E-state index is 12.5. The van der Waals surface area contributed by atoms with E-state index in [9.17, 15) is 9.59 Å². The standard InChI is InChI=1S/C22H23N3O2/c1-15-7-4-8-16(2)21(15)24-20(27)12-14-25(17(3)26)19-11-5-9-18-10-6-13-23-22(18)19/h4-11,13H,12,14H2,1-3H3,(H,24,27). The average molecular weight is 361 g/mol. The van der Waals surface area contributed by atoms with Gasteiger partial charge in [-0.3, -0.25) is 14.6 Å². The molecule has 0 saturated heterocycles. The highest BCUT2D eigenvalue weighted by Crippen LogP contribution is 2.25. The van der Waals surface area contributed by atoms with E-state index in [1.165, 1.54) is 6.92 Å². The molecule has 138 valence electrons. The van der Waals surface area contributed by atoms with E-state index in [0.29, 0.717) is 6.54 Å². The Morgan fingerprint density at radius 2 is 1.67 bits per heavy atom. The molecule has 1 aromatic heterocycles. The number of nitrogens with one attached hydrogen (secondary N) is 1. The van der Waals surface area contributed by atoms with Crippen LogP contribution in [0.3, 0.4) is 0 Å². The van der Waals surface area contributed by atoms with Crippen molar-refractivity contribution in [2.45, 2.75) is 27.2 Å². The molecular weight excluding hydrogens is 338 g/mol. The van der Waals surface area contributed by atoms with Gasteiger partial charge in [0.25, 0.3) is 0 Å². The summed E-state index contributed by atoms with van der Waals surface area (Å²) in [6.45, 7) is 5.73. The maximum Gasteiger partial charge on any atom is 0.226 e. The Kier molecular flexibility index (Phi) is 5.50. The number of rotatable bonds is 5. The molecule has 0 radical (unpaired) electrons. The summed E-state index contributed by atoms with van der Waals surface area (Å²) in [7, 11) is 0. The third-order valence-corrected chi connectivity index (χ3v) is 4.59. The van der Waals surface area contributed by atoms with Crippen molar-refractivity contribution in [3.8, 4) is 0 Å². The van der Waals surface area contributed by atoms with Crippen LogP contribution in [0.1, 0.15) is 24.5 Å². The lowest BCUT2D eigenvalue weighted by Gasteiger charge is -2.22. The number of aryl methyl sites for hydroxylation is 2. The lowest BCUT2D eigenvalue weighted by Crippen LogP contribution is -2.32. The highest BCUT2D eigenvalue weighted by molar-refractivity contribution is 6.02. The third kappa shape index (κ3) is 4.14. The van der Waals surface area contributed by atoms with Gasteiger partial charge in [-0.15, -0.1) is 0 Å². The third-order valence-electron chi connectivity index (χ3n) is 4.59. The number of hydrogen-bond donors (Lipinski definition) is 1. The predicted molar refractivity (Wildman–Crippen MR) is 109 cm³/mol. The smallest absolute Gasteiger partial charge is 0.226 e. The van der Waals surface area contributed by atoms with Crippen LogP contribution in [-0.4, -0.2) is 23.3 Å². The van der Waals surface area contributed by atoms with Gasteiger partial charge in [-0.05, 0) is 37.1 Å². The van der Waals surface area contributed by atoms with Gasteiger partial charge in [0.15, 0.2) is 0 Å². The molecular formula is C22H23N3O2. The molecule has 1 N–H and O–H groups in total. The van der Waals surface area contributed by atoms with Crippen LogP contribution in [0.25, 0.3) is 10.9 Å². The van der Waals surface area contributed by atoms with E-state index in [0.717, 1.165) is 33.4 Å². The number of fused-ring (bicyclic) bond motifs is 1. The van der Waals surface area contributed by atoms with E-state index in [1.807, 2.05) is 62.4 Å². The summed E-state index contributed by atoms with van der Waals surface area (Å²) in [6.07, 6.45) is 1.91. The molecule has 0 fully saturated rings. The second kappa shape index (κ2) is 7.99. The van der Waals surface area contributed by atoms with E-state index in [2.05, 4.69) is 10.3 Å². The second-order valence-corrected chi connectivity index (χ2v) is 6.59. The zero-order chi connectivity index (χ0) is 19.4. The fraction of sp³-hybridized carbons (Fsp3) is 0.227. The molecule has 0 aliphatic heterocycles. The zero-order valence-corrected chi connectivity index (χ0v) is 15.8. The van der Waals surface area contributed by atoms with Crippen LogP contribution >= 0.6 is 0 Å². The van der Waals surface area contributed by atoms with Crippen LogP contribution in [0.15, 0.2) is 54.7 Å². The van der Waals surface area contributed by atoms with Crippen LogP contribution in [0.2, 0.25) is 0 Å². The molecule has 5 heteroatoms. The van der Waals surface area contributed by atoms with Crippen molar-refractivity contribution in [1.82, 2.24) is 4.98 Å². The number of carbonyl (C=O) groups is 2. The number of nitrogens with zero attached hydrogens (tertiary/aromatic N) is 2. The van der Waals surface area contributed by atoms with Gasteiger partial charge in [0.2, 0.25) is 11.8 Å². The maximum absolute atomic E-state index is 12.5. The molecule has 5 nitrogen and oxygen atoms in total. The van der Waals surface area contributed by atoms with Gasteiger partial charge in [0.1, 0.15) is 0 Å². The quantitative estimate of drug-likeness (QED) is 0.739. The van der Waals surface area contributed by atoms with Crippen LogP contribution < -0.4 is 10.2 Å². The van der Waals surface area contributed by atoms with Gasteiger partial charge in [-0.1, -0.05) is 36.4 Å². The Hall–Kier alpha value is -3.21. The molecule has 0 bridgehead atoms. The summed E-state index contributed by atoms with van der Waals surface area (Å²) in [4.78, 5) is 30.7. The van der Waals surface area contributed by atoms with Crippen molar-refractivity contribution in [1.29, 1.82) is 0 Å². The minimum absolute atomic E-state index is 0.118. The van der Waals surface area contributed by atoms with Crippen LogP contribution in [0, 0.1) is 13.8 Å². The molecule has 3 aromatic rings. The highest BCUT2D eigenvalue weighted by Gasteiger charge is 2.17. The van der Waals surface area contributed by atoms with Crippen LogP contribution in [0.4, 0.5) is 11.4 Å². The first-order valence-corrected chi connectivity index (χ1v) is 8.95. The van der Waals surface area contributed by atoms with E-state index >= 15 is 0 Å². The first kappa shape index (κ1) is 18.6. The number of hydrogen-bond acceptors (Lipinski definition) is 3. The van der Waals surface area contributed by atoms with E-state index in [1.54, 1.807) is 11.1 Å². The topological polar surface area (TPSA) is 62.3 Å². The Bertz CT molecular complexity index is 972. The van der Waals surface area contributed by atoms with Crippen LogP contribution in [0.5, 0.6) is 0 Å². The van der Waals surface area contributed by atoms with Crippen molar-refractivity contribution in [2.75, 3.05) is 16.8 Å². The number of anilines is 2. The van der Waals surface area contributed by atoms with Crippen molar-refractivity contribution in [3.05, 3.63) is 65.9 Å². The Balaban J connectivity index is 1.77. The molecule has 0 saturated carbocycles. The van der Waals surface area contributed by atoms with Crippen molar-refractivity contribution in [3.63, 3.8) is 0 Å². The van der Waals surface area contributed by atoms with Gasteiger partial charge in [0, 0.05) is 37.2 Å². The fourth-order valence-corrected chi connectivity index (χ4v) is 3.18. The summed E-state index contributed by atoms with van der Waals surface area (Å²) < 4.78 is 0. The van der Waals surface area contributed by atoms with E-state index < -0.39 is 0 Å². The van der Waals surface area contributed by atoms with Gasteiger partial charge in [-0.25, -0.2) is 0 Å². The lowest BCUT2D eigenvalue weighted by molar-refractivity contribution is -0.117. The molecule has 27 heavy (non-hydrogen) atoms. The number of para-hydroxylation sites is 2. The largest absolute Gasteiger partial charge is 0.326 e. The van der Waals surface area contributed by atoms with Gasteiger partial charge >= 0.3 is 0 Å². The Morgan fingerprint density at radius 3 is 2.37 bits per heavy atom.